The van der Waals surface area contributed by atoms with Gasteiger partial charge in [0.15, 0.2) is 0 Å². The predicted octanol–water partition coefficient (Wildman–Crippen LogP) is 3.78. The molecule has 0 aliphatic heterocycles. The summed E-state index contributed by atoms with van der Waals surface area (Å²) in [6.45, 7) is 6.08. The SMILES string of the molecule is C=CCC(C)CCCC1CC1. The van der Waals surface area contributed by atoms with Crippen molar-refractivity contribution in [2.24, 2.45) is 11.8 Å². The molecule has 0 N–H and O–H groups in total. The maximum Gasteiger partial charge on any atom is -0.0328 e. The van der Waals surface area contributed by atoms with E-state index in [-0.39, 0.29) is 0 Å². The lowest BCUT2D eigenvalue weighted by Crippen LogP contribution is -1.92. The molecule has 0 amide bonds. The zero-order chi connectivity index (χ0) is 8.10. The van der Waals surface area contributed by atoms with Gasteiger partial charge >= 0.3 is 0 Å². The predicted molar refractivity (Wildman–Crippen MR) is 50.6 cm³/mol. The van der Waals surface area contributed by atoms with Crippen LogP contribution in [-0.4, -0.2) is 0 Å². The molecule has 1 rings (SSSR count). The Kier molecular flexibility index (Phi) is 3.68. The Balaban J connectivity index is 1.87. The van der Waals surface area contributed by atoms with E-state index in [1.807, 2.05) is 6.08 Å². The Morgan fingerprint density at radius 2 is 2.27 bits per heavy atom. The van der Waals surface area contributed by atoms with E-state index >= 15 is 0 Å². The zero-order valence-corrected chi connectivity index (χ0v) is 7.68. The van der Waals surface area contributed by atoms with Crippen molar-refractivity contribution in [3.8, 4) is 0 Å². The van der Waals surface area contributed by atoms with Crippen LogP contribution in [0.5, 0.6) is 0 Å². The van der Waals surface area contributed by atoms with E-state index in [0.717, 1.165) is 11.8 Å². The quantitative estimate of drug-likeness (QED) is 0.508. The molecular weight excluding hydrogens is 132 g/mol. The molecule has 0 aromatic heterocycles. The molecule has 0 aromatic rings. The third-order valence-corrected chi connectivity index (χ3v) is 2.58. The summed E-state index contributed by atoms with van der Waals surface area (Å²) in [6.07, 6.45) is 10.6. The summed E-state index contributed by atoms with van der Waals surface area (Å²) < 4.78 is 0. The number of allylic oxidation sites excluding steroid dienone is 1. The third-order valence-electron chi connectivity index (χ3n) is 2.58. The fourth-order valence-electron chi connectivity index (χ4n) is 1.56. The topological polar surface area (TPSA) is 0 Å². The monoisotopic (exact) mass is 152 g/mol. The van der Waals surface area contributed by atoms with Crippen LogP contribution in [0.4, 0.5) is 0 Å². The molecule has 1 atom stereocenters. The molecule has 64 valence electrons. The van der Waals surface area contributed by atoms with E-state index in [2.05, 4.69) is 13.5 Å². The van der Waals surface area contributed by atoms with E-state index in [1.165, 1.54) is 38.5 Å². The molecule has 0 aromatic carbocycles. The van der Waals surface area contributed by atoms with Gasteiger partial charge in [0.25, 0.3) is 0 Å². The minimum atomic E-state index is 0.867. The number of hydrogen-bond donors (Lipinski definition) is 0. The second-order valence-corrected chi connectivity index (χ2v) is 4.00. The minimum Gasteiger partial charge on any atom is -0.103 e. The summed E-state index contributed by atoms with van der Waals surface area (Å²) in [5.41, 5.74) is 0. The Bertz CT molecular complexity index is 111. The third kappa shape index (κ3) is 4.23. The summed E-state index contributed by atoms with van der Waals surface area (Å²) in [7, 11) is 0. The van der Waals surface area contributed by atoms with Crippen LogP contribution in [0, 0.1) is 11.8 Å². The average Bonchev–Trinajstić information content (AvgIpc) is 2.72. The Hall–Kier alpha value is -0.260. The zero-order valence-electron chi connectivity index (χ0n) is 7.68. The Labute approximate surface area is 70.7 Å². The van der Waals surface area contributed by atoms with Gasteiger partial charge in [-0.25, -0.2) is 0 Å². The second kappa shape index (κ2) is 4.58. The minimum absolute atomic E-state index is 0.867. The fourth-order valence-corrected chi connectivity index (χ4v) is 1.56. The van der Waals surface area contributed by atoms with Crippen LogP contribution >= 0.6 is 0 Å². The summed E-state index contributed by atoms with van der Waals surface area (Å²) in [4.78, 5) is 0. The standard InChI is InChI=1S/C11H20/c1-3-5-10(2)6-4-7-11-8-9-11/h3,10-11H,1,4-9H2,2H3. The molecule has 0 heterocycles. The summed E-state index contributed by atoms with van der Waals surface area (Å²) >= 11 is 0. The smallest absolute Gasteiger partial charge is 0.0328 e. The van der Waals surface area contributed by atoms with Gasteiger partial charge in [0.1, 0.15) is 0 Å². The molecule has 0 radical (unpaired) electrons. The molecular formula is C11H20. The highest BCUT2D eigenvalue weighted by Crippen LogP contribution is 2.34. The van der Waals surface area contributed by atoms with Gasteiger partial charge in [-0.1, -0.05) is 45.1 Å². The van der Waals surface area contributed by atoms with E-state index in [9.17, 15) is 0 Å². The number of rotatable bonds is 6. The summed E-state index contributed by atoms with van der Waals surface area (Å²) in [6, 6.07) is 0. The first-order chi connectivity index (χ1) is 5.33. The Morgan fingerprint density at radius 3 is 2.82 bits per heavy atom. The van der Waals surface area contributed by atoms with Crippen molar-refractivity contribution in [2.75, 3.05) is 0 Å². The molecule has 0 bridgehead atoms. The lowest BCUT2D eigenvalue weighted by molar-refractivity contribution is 0.490. The van der Waals surface area contributed by atoms with Gasteiger partial charge in [-0.3, -0.25) is 0 Å². The summed E-state index contributed by atoms with van der Waals surface area (Å²) in [5.74, 6) is 1.98. The van der Waals surface area contributed by atoms with Gasteiger partial charge in [0.2, 0.25) is 0 Å². The van der Waals surface area contributed by atoms with Crippen LogP contribution in [0.3, 0.4) is 0 Å². The van der Waals surface area contributed by atoms with Crippen molar-refractivity contribution in [3.63, 3.8) is 0 Å². The van der Waals surface area contributed by atoms with Crippen LogP contribution < -0.4 is 0 Å². The van der Waals surface area contributed by atoms with Gasteiger partial charge in [-0.05, 0) is 18.3 Å². The highest BCUT2D eigenvalue weighted by molar-refractivity contribution is 4.74. The van der Waals surface area contributed by atoms with Crippen molar-refractivity contribution >= 4 is 0 Å². The van der Waals surface area contributed by atoms with E-state index < -0.39 is 0 Å². The van der Waals surface area contributed by atoms with Crippen LogP contribution in [-0.2, 0) is 0 Å². The van der Waals surface area contributed by atoms with Gasteiger partial charge in [-0.2, -0.15) is 0 Å². The van der Waals surface area contributed by atoms with Crippen molar-refractivity contribution < 1.29 is 0 Å². The first-order valence-electron chi connectivity index (χ1n) is 4.94. The van der Waals surface area contributed by atoms with Gasteiger partial charge < -0.3 is 0 Å². The summed E-state index contributed by atoms with van der Waals surface area (Å²) in [5, 5.41) is 0. The fraction of sp³-hybridized carbons (Fsp3) is 0.818. The molecule has 1 fully saturated rings. The van der Waals surface area contributed by atoms with Crippen LogP contribution in [0.25, 0.3) is 0 Å². The maximum absolute atomic E-state index is 3.76. The molecule has 0 heteroatoms. The average molecular weight is 152 g/mol. The molecule has 0 spiro atoms. The van der Waals surface area contributed by atoms with Crippen molar-refractivity contribution in [2.45, 2.75) is 45.4 Å². The lowest BCUT2D eigenvalue weighted by Gasteiger charge is -2.06. The van der Waals surface area contributed by atoms with Gasteiger partial charge in [0.05, 0.1) is 0 Å². The van der Waals surface area contributed by atoms with E-state index in [0.29, 0.717) is 0 Å². The van der Waals surface area contributed by atoms with Crippen LogP contribution in [0.2, 0.25) is 0 Å². The van der Waals surface area contributed by atoms with Crippen molar-refractivity contribution in [1.29, 1.82) is 0 Å². The lowest BCUT2D eigenvalue weighted by atomic mass is 10.00. The number of hydrogen-bond acceptors (Lipinski definition) is 0. The molecule has 1 unspecified atom stereocenters. The second-order valence-electron chi connectivity index (χ2n) is 4.00. The molecule has 1 aliphatic rings. The van der Waals surface area contributed by atoms with E-state index in [1.54, 1.807) is 0 Å². The molecule has 11 heavy (non-hydrogen) atoms. The molecule has 1 aliphatic carbocycles. The van der Waals surface area contributed by atoms with Crippen molar-refractivity contribution in [3.05, 3.63) is 12.7 Å². The largest absolute Gasteiger partial charge is 0.103 e. The molecule has 0 saturated heterocycles. The van der Waals surface area contributed by atoms with Gasteiger partial charge in [-0.15, -0.1) is 6.58 Å². The molecule has 1 saturated carbocycles. The van der Waals surface area contributed by atoms with Crippen molar-refractivity contribution in [1.82, 2.24) is 0 Å². The molecule has 0 nitrogen and oxygen atoms in total. The maximum atomic E-state index is 3.76. The van der Waals surface area contributed by atoms with Crippen LogP contribution in [0.15, 0.2) is 12.7 Å². The highest BCUT2D eigenvalue weighted by atomic mass is 14.3. The van der Waals surface area contributed by atoms with Gasteiger partial charge in [0, 0.05) is 0 Å². The first kappa shape index (κ1) is 8.83. The Morgan fingerprint density at radius 1 is 1.55 bits per heavy atom. The van der Waals surface area contributed by atoms with E-state index in [4.69, 9.17) is 0 Å². The normalized spacial score (nSPS) is 19.7. The van der Waals surface area contributed by atoms with Crippen LogP contribution in [0.1, 0.15) is 45.4 Å². The highest BCUT2D eigenvalue weighted by Gasteiger charge is 2.20. The first-order valence-corrected chi connectivity index (χ1v) is 4.94.